The Bertz CT molecular complexity index is 216. The summed E-state index contributed by atoms with van der Waals surface area (Å²) in [6, 6.07) is 0. The molecule has 0 radical (unpaired) electrons. The van der Waals surface area contributed by atoms with E-state index in [2.05, 4.69) is 13.8 Å². The minimum absolute atomic E-state index is 0.728. The predicted octanol–water partition coefficient (Wildman–Crippen LogP) is 8.83. The van der Waals surface area contributed by atoms with Gasteiger partial charge in [-0.2, -0.15) is 0 Å². The van der Waals surface area contributed by atoms with Gasteiger partial charge in [-0.25, -0.2) is 0 Å². The molecule has 0 atom stereocenters. The van der Waals surface area contributed by atoms with Crippen molar-refractivity contribution < 1.29 is 0 Å². The van der Waals surface area contributed by atoms with E-state index >= 15 is 0 Å². The highest BCUT2D eigenvalue weighted by atomic mass is 14.3. The van der Waals surface area contributed by atoms with Crippen molar-refractivity contribution >= 4 is 0 Å². The van der Waals surface area contributed by atoms with Crippen LogP contribution in [0.3, 0.4) is 0 Å². The van der Waals surface area contributed by atoms with E-state index in [1.54, 1.807) is 25.7 Å². The average Bonchev–Trinajstić information content (AvgIpc) is 2.62. The quantitative estimate of drug-likeness (QED) is 0.352. The second kappa shape index (κ2) is 14.4. The molecule has 0 bridgehead atoms. The fraction of sp³-hybridized carbons (Fsp3) is 1.00. The highest BCUT2D eigenvalue weighted by molar-refractivity contribution is 4.80. The minimum Gasteiger partial charge on any atom is -0.0654 e. The molecule has 0 aromatic carbocycles. The molecule has 0 spiro atoms. The van der Waals surface area contributed by atoms with Crippen molar-refractivity contribution in [3.8, 4) is 0 Å². The van der Waals surface area contributed by atoms with E-state index in [4.69, 9.17) is 0 Å². The summed E-state index contributed by atoms with van der Waals surface area (Å²) in [6.45, 7) is 4.68. The highest BCUT2D eigenvalue weighted by Gasteiger charge is 2.28. The third-order valence-electron chi connectivity index (χ3n) is 6.29. The minimum atomic E-state index is 0.728. The first-order chi connectivity index (χ1) is 11.3. The predicted molar refractivity (Wildman–Crippen MR) is 106 cm³/mol. The van der Waals surface area contributed by atoms with E-state index in [9.17, 15) is 0 Å². The Hall–Kier alpha value is 0. The summed E-state index contributed by atoms with van der Waals surface area (Å²) >= 11 is 0. The lowest BCUT2D eigenvalue weighted by Crippen LogP contribution is -2.21. The van der Waals surface area contributed by atoms with Crippen LogP contribution in [-0.4, -0.2) is 0 Å². The molecular formula is C23H46. The number of hydrogen-bond donors (Lipinski definition) is 0. The second-order valence-corrected chi connectivity index (χ2v) is 8.45. The molecule has 0 amide bonds. The van der Waals surface area contributed by atoms with Crippen LogP contribution in [0.15, 0.2) is 0 Å². The van der Waals surface area contributed by atoms with Crippen LogP contribution >= 0.6 is 0 Å². The molecule has 0 unspecified atom stereocenters. The first-order valence-electron chi connectivity index (χ1n) is 11.3. The molecule has 0 nitrogen and oxygen atoms in total. The average molecular weight is 323 g/mol. The molecule has 1 aliphatic rings. The zero-order valence-corrected chi connectivity index (χ0v) is 16.6. The Labute approximate surface area is 148 Å². The highest BCUT2D eigenvalue weighted by Crippen LogP contribution is 2.42. The van der Waals surface area contributed by atoms with Crippen molar-refractivity contribution in [3.63, 3.8) is 0 Å². The maximum absolute atomic E-state index is 2.34. The number of unbranched alkanes of at least 4 members (excludes halogenated alkanes) is 6. The Balaban J connectivity index is 2.53. The molecule has 1 fully saturated rings. The summed E-state index contributed by atoms with van der Waals surface area (Å²) in [5, 5.41) is 0. The van der Waals surface area contributed by atoms with Crippen molar-refractivity contribution in [2.75, 3.05) is 0 Å². The van der Waals surface area contributed by atoms with Crippen LogP contribution < -0.4 is 0 Å². The van der Waals surface area contributed by atoms with Gasteiger partial charge in [0.2, 0.25) is 0 Å². The Morgan fingerprint density at radius 1 is 0.478 bits per heavy atom. The topological polar surface area (TPSA) is 0 Å². The fourth-order valence-electron chi connectivity index (χ4n) is 4.66. The molecule has 0 N–H and O–H groups in total. The lowest BCUT2D eigenvalue weighted by atomic mass is 9.71. The van der Waals surface area contributed by atoms with E-state index in [1.165, 1.54) is 103 Å². The standard InChI is InChI=1S/C23H46/c1-3-5-7-15-19-23(20-16-8-6-4-2)21-17-13-11-9-10-12-14-18-22-23/h3-22H2,1-2H3. The molecule has 1 aliphatic carbocycles. The summed E-state index contributed by atoms with van der Waals surface area (Å²) in [6.07, 6.45) is 29.8. The molecule has 0 heterocycles. The van der Waals surface area contributed by atoms with E-state index < -0.39 is 0 Å². The molecule has 138 valence electrons. The van der Waals surface area contributed by atoms with Gasteiger partial charge in [0, 0.05) is 0 Å². The van der Waals surface area contributed by atoms with E-state index in [1.807, 2.05) is 0 Å². The summed E-state index contributed by atoms with van der Waals surface area (Å²) < 4.78 is 0. The van der Waals surface area contributed by atoms with Gasteiger partial charge >= 0.3 is 0 Å². The van der Waals surface area contributed by atoms with Crippen LogP contribution in [0.2, 0.25) is 0 Å². The summed E-state index contributed by atoms with van der Waals surface area (Å²) in [7, 11) is 0. The van der Waals surface area contributed by atoms with Crippen molar-refractivity contribution in [3.05, 3.63) is 0 Å². The van der Waals surface area contributed by atoms with Gasteiger partial charge in [0.15, 0.2) is 0 Å². The smallest absolute Gasteiger partial charge is 0.0297 e. The molecule has 0 saturated heterocycles. The third kappa shape index (κ3) is 10.5. The van der Waals surface area contributed by atoms with Crippen molar-refractivity contribution in [1.82, 2.24) is 0 Å². The van der Waals surface area contributed by atoms with E-state index in [0.717, 1.165) is 5.41 Å². The first kappa shape index (κ1) is 21.0. The maximum atomic E-state index is 2.34. The molecule has 1 saturated carbocycles. The van der Waals surface area contributed by atoms with Crippen molar-refractivity contribution in [2.45, 2.75) is 142 Å². The van der Waals surface area contributed by atoms with E-state index in [0.29, 0.717) is 0 Å². The molecule has 1 rings (SSSR count). The number of hydrogen-bond acceptors (Lipinski definition) is 0. The molecule has 0 aromatic heterocycles. The van der Waals surface area contributed by atoms with Gasteiger partial charge < -0.3 is 0 Å². The number of rotatable bonds is 10. The molecule has 0 heteroatoms. The zero-order valence-electron chi connectivity index (χ0n) is 16.6. The maximum Gasteiger partial charge on any atom is -0.0297 e. The molecular weight excluding hydrogens is 276 g/mol. The Morgan fingerprint density at radius 2 is 0.870 bits per heavy atom. The Morgan fingerprint density at radius 3 is 1.26 bits per heavy atom. The monoisotopic (exact) mass is 322 g/mol. The van der Waals surface area contributed by atoms with Crippen LogP contribution in [0.25, 0.3) is 0 Å². The van der Waals surface area contributed by atoms with Crippen LogP contribution in [0.4, 0.5) is 0 Å². The fourth-order valence-corrected chi connectivity index (χ4v) is 4.66. The van der Waals surface area contributed by atoms with E-state index in [-0.39, 0.29) is 0 Å². The van der Waals surface area contributed by atoms with Gasteiger partial charge in [0.1, 0.15) is 0 Å². The van der Waals surface area contributed by atoms with Gasteiger partial charge in [-0.15, -0.1) is 0 Å². The SMILES string of the molecule is CCCCCCC1(CCCCCC)CCCCCCCCCC1. The summed E-state index contributed by atoms with van der Waals surface area (Å²) in [4.78, 5) is 0. The normalized spacial score (nSPS) is 20.1. The summed E-state index contributed by atoms with van der Waals surface area (Å²) in [5.41, 5.74) is 0.728. The van der Waals surface area contributed by atoms with Gasteiger partial charge in [0.05, 0.1) is 0 Å². The summed E-state index contributed by atoms with van der Waals surface area (Å²) in [5.74, 6) is 0. The lowest BCUT2D eigenvalue weighted by molar-refractivity contribution is 0.173. The van der Waals surface area contributed by atoms with Gasteiger partial charge in [0.25, 0.3) is 0 Å². The van der Waals surface area contributed by atoms with Gasteiger partial charge in [-0.05, 0) is 31.1 Å². The Kier molecular flexibility index (Phi) is 13.1. The molecule has 0 aromatic rings. The molecule has 23 heavy (non-hydrogen) atoms. The largest absolute Gasteiger partial charge is 0.0654 e. The van der Waals surface area contributed by atoms with Crippen molar-refractivity contribution in [1.29, 1.82) is 0 Å². The second-order valence-electron chi connectivity index (χ2n) is 8.45. The third-order valence-corrected chi connectivity index (χ3v) is 6.29. The zero-order chi connectivity index (χ0) is 16.6. The van der Waals surface area contributed by atoms with Gasteiger partial charge in [-0.3, -0.25) is 0 Å². The van der Waals surface area contributed by atoms with Crippen LogP contribution in [0, 0.1) is 5.41 Å². The van der Waals surface area contributed by atoms with Crippen LogP contribution in [-0.2, 0) is 0 Å². The van der Waals surface area contributed by atoms with Gasteiger partial charge in [-0.1, -0.05) is 117 Å². The van der Waals surface area contributed by atoms with Crippen molar-refractivity contribution in [2.24, 2.45) is 5.41 Å². The first-order valence-corrected chi connectivity index (χ1v) is 11.3. The lowest BCUT2D eigenvalue weighted by Gasteiger charge is -2.35. The molecule has 0 aliphatic heterocycles. The van der Waals surface area contributed by atoms with Crippen LogP contribution in [0.1, 0.15) is 142 Å². The van der Waals surface area contributed by atoms with Crippen LogP contribution in [0.5, 0.6) is 0 Å².